The number of nitrogens with one attached hydrogen (secondary N) is 1. The normalized spacial score (nSPS) is 16.4. The lowest BCUT2D eigenvalue weighted by Crippen LogP contribution is -2.40. The summed E-state index contributed by atoms with van der Waals surface area (Å²) in [6.07, 6.45) is 1.78. The molecule has 23 heavy (non-hydrogen) atoms. The predicted molar refractivity (Wildman–Crippen MR) is 85.8 cm³/mol. The van der Waals surface area contributed by atoms with Gasteiger partial charge in [0.25, 0.3) is 0 Å². The third-order valence-corrected chi connectivity index (χ3v) is 4.21. The molecule has 1 aromatic carbocycles. The number of rotatable bonds is 5. The van der Waals surface area contributed by atoms with Crippen LogP contribution < -0.4 is 5.32 Å². The van der Waals surface area contributed by atoms with Gasteiger partial charge in [-0.15, -0.1) is 5.10 Å². The molecule has 2 heterocycles. The van der Waals surface area contributed by atoms with Crippen LogP contribution in [0.4, 0.5) is 0 Å². The Morgan fingerprint density at radius 2 is 2.00 bits per heavy atom. The van der Waals surface area contributed by atoms with Gasteiger partial charge in [-0.1, -0.05) is 18.2 Å². The van der Waals surface area contributed by atoms with Gasteiger partial charge in [-0.25, -0.2) is 0 Å². The van der Waals surface area contributed by atoms with Gasteiger partial charge in [-0.05, 0) is 55.4 Å². The number of hydrogen-bond donors (Lipinski definition) is 1. The van der Waals surface area contributed by atoms with Crippen LogP contribution in [0.2, 0.25) is 0 Å². The van der Waals surface area contributed by atoms with E-state index in [0.29, 0.717) is 13.1 Å². The fourth-order valence-electron chi connectivity index (χ4n) is 2.95. The van der Waals surface area contributed by atoms with Crippen molar-refractivity contribution < 1.29 is 4.79 Å². The fraction of sp³-hybridized carbons (Fsp3) is 0.500. The minimum absolute atomic E-state index is 0.135. The van der Waals surface area contributed by atoms with Crippen LogP contribution in [0.3, 0.4) is 0 Å². The van der Waals surface area contributed by atoms with E-state index in [1.54, 1.807) is 4.68 Å². The molecule has 1 aromatic heterocycles. The Morgan fingerprint density at radius 3 is 2.70 bits per heavy atom. The highest BCUT2D eigenvalue weighted by molar-refractivity contribution is 5.78. The van der Waals surface area contributed by atoms with E-state index in [2.05, 4.69) is 25.7 Å². The van der Waals surface area contributed by atoms with Crippen molar-refractivity contribution in [1.82, 2.24) is 30.4 Å². The van der Waals surface area contributed by atoms with E-state index in [-0.39, 0.29) is 11.8 Å². The molecule has 0 radical (unpaired) electrons. The molecule has 1 amide bonds. The lowest BCUT2D eigenvalue weighted by molar-refractivity contribution is -0.126. The molecular formula is C16H22N6O. The second kappa shape index (κ2) is 7.32. The number of likely N-dealkylation sites (tertiary alicyclic amines) is 1. The molecule has 7 heteroatoms. The molecule has 1 fully saturated rings. The predicted octanol–water partition coefficient (Wildman–Crippen LogP) is 1.01. The SMILES string of the molecule is CCNC(=O)C1CCN(Cc2nnnn2-c2ccccc2)CC1. The van der Waals surface area contributed by atoms with E-state index in [1.807, 2.05) is 37.3 Å². The quantitative estimate of drug-likeness (QED) is 0.891. The number of para-hydroxylation sites is 1. The summed E-state index contributed by atoms with van der Waals surface area (Å²) in [6.45, 7) is 5.14. The zero-order chi connectivity index (χ0) is 16.1. The number of carbonyl (C=O) groups is 1. The maximum Gasteiger partial charge on any atom is 0.223 e. The number of tetrazole rings is 1. The first kappa shape index (κ1) is 15.6. The summed E-state index contributed by atoms with van der Waals surface area (Å²) in [5.41, 5.74) is 0.963. The lowest BCUT2D eigenvalue weighted by atomic mass is 9.96. The average molecular weight is 314 g/mol. The van der Waals surface area contributed by atoms with Crippen LogP contribution >= 0.6 is 0 Å². The fourth-order valence-corrected chi connectivity index (χ4v) is 2.95. The van der Waals surface area contributed by atoms with Gasteiger partial charge < -0.3 is 5.32 Å². The summed E-state index contributed by atoms with van der Waals surface area (Å²) < 4.78 is 1.77. The maximum absolute atomic E-state index is 11.9. The maximum atomic E-state index is 11.9. The average Bonchev–Trinajstić information content (AvgIpc) is 3.05. The summed E-state index contributed by atoms with van der Waals surface area (Å²) in [7, 11) is 0. The van der Waals surface area contributed by atoms with Crippen molar-refractivity contribution in [2.45, 2.75) is 26.3 Å². The van der Waals surface area contributed by atoms with Crippen LogP contribution in [0.15, 0.2) is 30.3 Å². The Morgan fingerprint density at radius 1 is 1.26 bits per heavy atom. The van der Waals surface area contributed by atoms with Crippen molar-refractivity contribution in [2.75, 3.05) is 19.6 Å². The summed E-state index contributed by atoms with van der Waals surface area (Å²) in [5, 5.41) is 15.0. The molecule has 0 spiro atoms. The van der Waals surface area contributed by atoms with E-state index in [1.165, 1.54) is 0 Å². The van der Waals surface area contributed by atoms with E-state index in [4.69, 9.17) is 0 Å². The highest BCUT2D eigenvalue weighted by Crippen LogP contribution is 2.19. The highest BCUT2D eigenvalue weighted by Gasteiger charge is 2.25. The highest BCUT2D eigenvalue weighted by atomic mass is 16.1. The Hall–Kier alpha value is -2.28. The van der Waals surface area contributed by atoms with Crippen molar-refractivity contribution in [3.63, 3.8) is 0 Å². The summed E-state index contributed by atoms with van der Waals surface area (Å²) >= 11 is 0. The Kier molecular flexibility index (Phi) is 4.97. The zero-order valence-electron chi connectivity index (χ0n) is 13.4. The number of benzene rings is 1. The zero-order valence-corrected chi connectivity index (χ0v) is 13.4. The van der Waals surface area contributed by atoms with Crippen molar-refractivity contribution in [3.8, 4) is 5.69 Å². The first-order chi connectivity index (χ1) is 11.3. The molecule has 1 N–H and O–H groups in total. The topological polar surface area (TPSA) is 75.9 Å². The number of nitrogens with zero attached hydrogens (tertiary/aromatic N) is 5. The van der Waals surface area contributed by atoms with Crippen LogP contribution in [0, 0.1) is 5.92 Å². The molecule has 122 valence electrons. The monoisotopic (exact) mass is 314 g/mol. The van der Waals surface area contributed by atoms with Crippen LogP contribution in [-0.4, -0.2) is 50.6 Å². The minimum atomic E-state index is 0.135. The van der Waals surface area contributed by atoms with E-state index in [9.17, 15) is 4.79 Å². The Balaban J connectivity index is 1.60. The van der Waals surface area contributed by atoms with Crippen molar-refractivity contribution in [1.29, 1.82) is 0 Å². The molecule has 3 rings (SSSR count). The third kappa shape index (κ3) is 3.73. The van der Waals surface area contributed by atoms with Gasteiger partial charge in [0.1, 0.15) is 0 Å². The van der Waals surface area contributed by atoms with Crippen molar-refractivity contribution in [2.24, 2.45) is 5.92 Å². The molecule has 0 bridgehead atoms. The lowest BCUT2D eigenvalue weighted by Gasteiger charge is -2.30. The molecule has 2 aromatic rings. The van der Waals surface area contributed by atoms with E-state index < -0.39 is 0 Å². The van der Waals surface area contributed by atoms with Gasteiger partial charge in [0.05, 0.1) is 12.2 Å². The molecule has 1 aliphatic rings. The molecule has 1 saturated heterocycles. The van der Waals surface area contributed by atoms with Crippen molar-refractivity contribution in [3.05, 3.63) is 36.2 Å². The Labute approximate surface area is 135 Å². The van der Waals surface area contributed by atoms with Gasteiger partial charge in [0.2, 0.25) is 5.91 Å². The van der Waals surface area contributed by atoms with Crippen molar-refractivity contribution >= 4 is 5.91 Å². The van der Waals surface area contributed by atoms with Crippen LogP contribution in [-0.2, 0) is 11.3 Å². The molecule has 0 aliphatic carbocycles. The molecule has 7 nitrogen and oxygen atoms in total. The summed E-state index contributed by atoms with van der Waals surface area (Å²) in [5.74, 6) is 1.14. The summed E-state index contributed by atoms with van der Waals surface area (Å²) in [6, 6.07) is 9.89. The van der Waals surface area contributed by atoms with Gasteiger partial charge in [0, 0.05) is 12.5 Å². The molecular weight excluding hydrogens is 292 g/mol. The molecule has 0 atom stereocenters. The van der Waals surface area contributed by atoms with Gasteiger partial charge in [0.15, 0.2) is 5.82 Å². The molecule has 0 unspecified atom stereocenters. The van der Waals surface area contributed by atoms with E-state index >= 15 is 0 Å². The minimum Gasteiger partial charge on any atom is -0.356 e. The van der Waals surface area contributed by atoms with Gasteiger partial charge in [-0.3, -0.25) is 9.69 Å². The molecule has 0 saturated carbocycles. The van der Waals surface area contributed by atoms with Crippen LogP contribution in [0.5, 0.6) is 0 Å². The first-order valence-corrected chi connectivity index (χ1v) is 8.10. The smallest absolute Gasteiger partial charge is 0.223 e. The second-order valence-corrected chi connectivity index (χ2v) is 5.79. The van der Waals surface area contributed by atoms with Crippen LogP contribution in [0.25, 0.3) is 5.69 Å². The second-order valence-electron chi connectivity index (χ2n) is 5.79. The standard InChI is InChI=1S/C16H22N6O/c1-2-17-16(23)13-8-10-21(11-9-13)12-15-18-19-20-22(15)14-6-4-3-5-7-14/h3-7,13H,2,8-12H2,1H3,(H,17,23). The Bertz CT molecular complexity index is 633. The van der Waals surface area contributed by atoms with Gasteiger partial charge >= 0.3 is 0 Å². The molecule has 1 aliphatic heterocycles. The number of piperidine rings is 1. The number of amides is 1. The largest absolute Gasteiger partial charge is 0.356 e. The van der Waals surface area contributed by atoms with Crippen LogP contribution in [0.1, 0.15) is 25.6 Å². The van der Waals surface area contributed by atoms with E-state index in [0.717, 1.165) is 37.4 Å². The number of aromatic nitrogens is 4. The first-order valence-electron chi connectivity index (χ1n) is 8.10. The number of carbonyl (C=O) groups excluding carboxylic acids is 1. The number of hydrogen-bond acceptors (Lipinski definition) is 5. The van der Waals surface area contributed by atoms with Gasteiger partial charge in [-0.2, -0.15) is 4.68 Å². The third-order valence-electron chi connectivity index (χ3n) is 4.21. The summed E-state index contributed by atoms with van der Waals surface area (Å²) in [4.78, 5) is 14.2.